The molecular formula is C13H16ClNO3. The number of ether oxygens (including phenoxy) is 1. The van der Waals surface area contributed by atoms with Crippen LogP contribution in [0.5, 0.6) is 0 Å². The van der Waals surface area contributed by atoms with Crippen LogP contribution in [0.1, 0.15) is 12.5 Å². The van der Waals surface area contributed by atoms with Crippen molar-refractivity contribution in [3.63, 3.8) is 0 Å². The molecule has 0 fully saturated rings. The number of esters is 1. The van der Waals surface area contributed by atoms with Gasteiger partial charge in [0.05, 0.1) is 13.5 Å². The minimum absolute atomic E-state index is 0.0315. The number of methoxy groups -OCH3 is 1. The number of carbonyl (C=O) groups is 2. The number of halogens is 1. The number of nitrogens with zero attached hydrogens (tertiary/aromatic N) is 1. The molecular weight excluding hydrogens is 254 g/mol. The summed E-state index contributed by atoms with van der Waals surface area (Å²) in [5, 5.41) is 0.556. The fourth-order valence-corrected chi connectivity index (χ4v) is 1.72. The van der Waals surface area contributed by atoms with Crippen LogP contribution in [0.2, 0.25) is 5.02 Å². The van der Waals surface area contributed by atoms with Crippen LogP contribution < -0.4 is 0 Å². The Morgan fingerprint density at radius 2 is 2.00 bits per heavy atom. The van der Waals surface area contributed by atoms with Crippen molar-refractivity contribution < 1.29 is 14.3 Å². The van der Waals surface area contributed by atoms with Gasteiger partial charge in [-0.15, -0.1) is 0 Å². The highest BCUT2D eigenvalue weighted by Crippen LogP contribution is 2.16. The van der Waals surface area contributed by atoms with E-state index in [0.29, 0.717) is 11.6 Å². The van der Waals surface area contributed by atoms with Crippen molar-refractivity contribution in [3.05, 3.63) is 34.9 Å². The first-order chi connectivity index (χ1) is 8.58. The molecule has 1 rings (SSSR count). The van der Waals surface area contributed by atoms with Crippen molar-refractivity contribution in [2.24, 2.45) is 0 Å². The quantitative estimate of drug-likeness (QED) is 0.767. The molecule has 0 aromatic heterocycles. The molecule has 0 spiro atoms. The fraction of sp³-hybridized carbons (Fsp3) is 0.385. The first-order valence-electron chi connectivity index (χ1n) is 5.66. The summed E-state index contributed by atoms with van der Waals surface area (Å²) in [5.41, 5.74) is 0.757. The average molecular weight is 270 g/mol. The Hall–Kier alpha value is -1.55. The maximum absolute atomic E-state index is 12.0. The molecule has 0 aliphatic heterocycles. The molecule has 18 heavy (non-hydrogen) atoms. The summed E-state index contributed by atoms with van der Waals surface area (Å²) < 4.78 is 4.55. The monoisotopic (exact) mass is 269 g/mol. The van der Waals surface area contributed by atoms with Gasteiger partial charge in [0.2, 0.25) is 5.91 Å². The summed E-state index contributed by atoms with van der Waals surface area (Å²) in [4.78, 5) is 24.6. The highest BCUT2D eigenvalue weighted by Gasteiger charge is 2.16. The molecule has 0 heterocycles. The molecule has 0 saturated heterocycles. The number of hydrogen-bond donors (Lipinski definition) is 0. The molecule has 1 aromatic carbocycles. The number of hydrogen-bond acceptors (Lipinski definition) is 3. The lowest BCUT2D eigenvalue weighted by Gasteiger charge is -2.19. The van der Waals surface area contributed by atoms with E-state index >= 15 is 0 Å². The number of rotatable bonds is 5. The van der Waals surface area contributed by atoms with Crippen molar-refractivity contribution in [2.75, 3.05) is 20.2 Å². The first kappa shape index (κ1) is 14.5. The number of carbonyl (C=O) groups excluding carboxylic acids is 2. The lowest BCUT2D eigenvalue weighted by Crippen LogP contribution is -2.37. The van der Waals surface area contributed by atoms with E-state index in [9.17, 15) is 9.59 Å². The molecule has 0 radical (unpaired) electrons. The molecule has 0 bridgehead atoms. The predicted molar refractivity (Wildman–Crippen MR) is 69.4 cm³/mol. The second-order valence-electron chi connectivity index (χ2n) is 3.75. The van der Waals surface area contributed by atoms with Gasteiger partial charge in [-0.1, -0.05) is 29.8 Å². The Morgan fingerprint density at radius 3 is 2.56 bits per heavy atom. The maximum Gasteiger partial charge on any atom is 0.325 e. The summed E-state index contributed by atoms with van der Waals surface area (Å²) in [6, 6.07) is 7.17. The SMILES string of the molecule is CCN(CC(=O)OC)C(=O)Cc1ccccc1Cl. The zero-order valence-electron chi connectivity index (χ0n) is 10.5. The summed E-state index contributed by atoms with van der Waals surface area (Å²) >= 11 is 5.99. The Bertz CT molecular complexity index is 434. The van der Waals surface area contributed by atoms with Crippen LogP contribution in [-0.4, -0.2) is 37.0 Å². The molecule has 4 nitrogen and oxygen atoms in total. The molecule has 0 aliphatic carbocycles. The third-order valence-electron chi connectivity index (χ3n) is 2.58. The van der Waals surface area contributed by atoms with E-state index in [0.717, 1.165) is 5.56 Å². The fourth-order valence-electron chi connectivity index (χ4n) is 1.51. The largest absolute Gasteiger partial charge is 0.468 e. The topological polar surface area (TPSA) is 46.6 Å². The molecule has 0 N–H and O–H groups in total. The lowest BCUT2D eigenvalue weighted by molar-refractivity contribution is -0.146. The normalized spacial score (nSPS) is 9.94. The highest BCUT2D eigenvalue weighted by molar-refractivity contribution is 6.31. The van der Waals surface area contributed by atoms with E-state index in [1.165, 1.54) is 12.0 Å². The Kier molecular flexibility index (Phi) is 5.65. The van der Waals surface area contributed by atoms with Gasteiger partial charge in [-0.2, -0.15) is 0 Å². The van der Waals surface area contributed by atoms with Crippen LogP contribution >= 0.6 is 11.6 Å². The summed E-state index contributed by atoms with van der Waals surface area (Å²) in [7, 11) is 1.30. The van der Waals surface area contributed by atoms with Gasteiger partial charge in [0.15, 0.2) is 0 Å². The molecule has 0 atom stereocenters. The molecule has 5 heteroatoms. The van der Waals surface area contributed by atoms with Crippen LogP contribution in [0, 0.1) is 0 Å². The molecule has 98 valence electrons. The summed E-state index contributed by atoms with van der Waals surface area (Å²) in [6.07, 6.45) is 0.185. The Morgan fingerprint density at radius 1 is 1.33 bits per heavy atom. The van der Waals surface area contributed by atoms with Crippen LogP contribution in [0.4, 0.5) is 0 Å². The Labute approximate surface area is 111 Å². The minimum Gasteiger partial charge on any atom is -0.468 e. The van der Waals surface area contributed by atoms with Gasteiger partial charge in [-0.05, 0) is 18.6 Å². The smallest absolute Gasteiger partial charge is 0.325 e. The Balaban J connectivity index is 2.68. The van der Waals surface area contributed by atoms with Crippen LogP contribution in [-0.2, 0) is 20.7 Å². The predicted octanol–water partition coefficient (Wildman–Crippen LogP) is 1.90. The zero-order chi connectivity index (χ0) is 13.5. The van der Waals surface area contributed by atoms with E-state index in [4.69, 9.17) is 11.6 Å². The van der Waals surface area contributed by atoms with Crippen molar-refractivity contribution in [1.29, 1.82) is 0 Å². The standard InChI is InChI=1S/C13H16ClNO3/c1-3-15(9-13(17)18-2)12(16)8-10-6-4-5-7-11(10)14/h4-7H,3,8-9H2,1-2H3. The van der Waals surface area contributed by atoms with Gasteiger partial charge >= 0.3 is 5.97 Å². The van der Waals surface area contributed by atoms with E-state index in [1.54, 1.807) is 12.1 Å². The number of benzene rings is 1. The molecule has 0 unspecified atom stereocenters. The summed E-state index contributed by atoms with van der Waals surface area (Å²) in [6.45, 7) is 2.24. The van der Waals surface area contributed by atoms with Gasteiger partial charge < -0.3 is 9.64 Å². The number of likely N-dealkylation sites (N-methyl/N-ethyl adjacent to an activating group) is 1. The second-order valence-corrected chi connectivity index (χ2v) is 4.16. The van der Waals surface area contributed by atoms with E-state index in [-0.39, 0.29) is 18.9 Å². The van der Waals surface area contributed by atoms with Crippen LogP contribution in [0.25, 0.3) is 0 Å². The van der Waals surface area contributed by atoms with Crippen molar-refractivity contribution in [1.82, 2.24) is 4.90 Å². The third kappa shape index (κ3) is 4.04. The van der Waals surface area contributed by atoms with E-state index < -0.39 is 5.97 Å². The van der Waals surface area contributed by atoms with Gasteiger partial charge in [0.1, 0.15) is 6.54 Å². The first-order valence-corrected chi connectivity index (χ1v) is 6.04. The second kappa shape index (κ2) is 7.01. The van der Waals surface area contributed by atoms with Crippen molar-refractivity contribution >= 4 is 23.5 Å². The van der Waals surface area contributed by atoms with Crippen LogP contribution in [0.15, 0.2) is 24.3 Å². The maximum atomic E-state index is 12.0. The highest BCUT2D eigenvalue weighted by atomic mass is 35.5. The van der Waals surface area contributed by atoms with E-state index in [1.807, 2.05) is 19.1 Å². The molecule has 1 amide bonds. The zero-order valence-corrected chi connectivity index (χ0v) is 11.2. The molecule has 1 aromatic rings. The van der Waals surface area contributed by atoms with Gasteiger partial charge in [0.25, 0.3) is 0 Å². The lowest BCUT2D eigenvalue weighted by atomic mass is 10.1. The third-order valence-corrected chi connectivity index (χ3v) is 2.95. The van der Waals surface area contributed by atoms with Crippen molar-refractivity contribution in [3.8, 4) is 0 Å². The van der Waals surface area contributed by atoms with Gasteiger partial charge in [-0.25, -0.2) is 0 Å². The number of amides is 1. The van der Waals surface area contributed by atoms with Gasteiger partial charge in [-0.3, -0.25) is 9.59 Å². The van der Waals surface area contributed by atoms with Gasteiger partial charge in [0, 0.05) is 11.6 Å². The van der Waals surface area contributed by atoms with Crippen molar-refractivity contribution in [2.45, 2.75) is 13.3 Å². The molecule has 0 aliphatic rings. The average Bonchev–Trinajstić information content (AvgIpc) is 2.38. The summed E-state index contributed by atoms with van der Waals surface area (Å²) in [5.74, 6) is -0.569. The van der Waals surface area contributed by atoms with Crippen LogP contribution in [0.3, 0.4) is 0 Å². The van der Waals surface area contributed by atoms with E-state index in [2.05, 4.69) is 4.74 Å². The molecule has 0 saturated carbocycles. The minimum atomic E-state index is -0.427.